The van der Waals surface area contributed by atoms with Gasteiger partial charge in [0.05, 0.1) is 16.6 Å². The number of nitrogens with one attached hydrogen (secondary N) is 3. The van der Waals surface area contributed by atoms with Crippen LogP contribution < -0.4 is 5.32 Å². The summed E-state index contributed by atoms with van der Waals surface area (Å²) in [6, 6.07) is 11.5. The number of H-pyrrole nitrogens is 2. The van der Waals surface area contributed by atoms with Crippen molar-refractivity contribution in [1.82, 2.24) is 15.3 Å². The summed E-state index contributed by atoms with van der Waals surface area (Å²) in [7, 11) is 0. The van der Waals surface area contributed by atoms with Crippen molar-refractivity contribution in [2.75, 3.05) is 0 Å². The zero-order chi connectivity index (χ0) is 17.6. The zero-order valence-corrected chi connectivity index (χ0v) is 14.8. The van der Waals surface area contributed by atoms with Crippen molar-refractivity contribution in [3.8, 4) is 0 Å². The molecule has 0 fully saturated rings. The molecule has 0 saturated heterocycles. The Morgan fingerprint density at radius 3 is 2.04 bits per heavy atom. The van der Waals surface area contributed by atoms with Crippen LogP contribution >= 0.6 is 23.2 Å². The number of halogens is 2. The molecule has 26 heavy (non-hydrogen) atoms. The molecule has 0 aliphatic carbocycles. The van der Waals surface area contributed by atoms with E-state index in [1.165, 1.54) is 0 Å². The van der Waals surface area contributed by atoms with Crippen LogP contribution in [0.25, 0.3) is 43.6 Å². The summed E-state index contributed by atoms with van der Waals surface area (Å²) >= 11 is 12.5. The largest absolute Gasteiger partial charge is 0.353 e. The molecule has 3 aromatic carbocycles. The number of aromatic nitrogens is 2. The summed E-state index contributed by atoms with van der Waals surface area (Å²) in [6.07, 6.45) is 0. The molecule has 1 amide bonds. The van der Waals surface area contributed by atoms with Crippen molar-refractivity contribution in [2.45, 2.75) is 6.54 Å². The third kappa shape index (κ3) is 1.68. The third-order valence-electron chi connectivity index (χ3n) is 5.28. The Kier molecular flexibility index (Phi) is 2.63. The Hall–Kier alpha value is -2.69. The number of rotatable bonds is 0. The van der Waals surface area contributed by atoms with Gasteiger partial charge in [-0.05, 0) is 42.0 Å². The number of benzene rings is 3. The van der Waals surface area contributed by atoms with Crippen molar-refractivity contribution < 1.29 is 4.79 Å². The summed E-state index contributed by atoms with van der Waals surface area (Å²) in [5.74, 6) is -0.0517. The van der Waals surface area contributed by atoms with Crippen LogP contribution in [0.1, 0.15) is 15.9 Å². The second-order valence-electron chi connectivity index (χ2n) is 6.67. The topological polar surface area (TPSA) is 60.7 Å². The molecule has 0 unspecified atom stereocenters. The quantitative estimate of drug-likeness (QED) is 0.326. The molecule has 5 aromatic rings. The highest BCUT2D eigenvalue weighted by Gasteiger charge is 2.29. The lowest BCUT2D eigenvalue weighted by Gasteiger charge is -2.04. The Morgan fingerprint density at radius 2 is 1.38 bits per heavy atom. The van der Waals surface area contributed by atoms with Crippen LogP contribution in [-0.4, -0.2) is 15.9 Å². The molecule has 2 aromatic heterocycles. The van der Waals surface area contributed by atoms with Crippen molar-refractivity contribution in [3.63, 3.8) is 0 Å². The Balaban J connectivity index is 1.97. The van der Waals surface area contributed by atoms with E-state index in [2.05, 4.69) is 15.3 Å². The van der Waals surface area contributed by atoms with E-state index in [4.69, 9.17) is 23.2 Å². The maximum Gasteiger partial charge on any atom is 0.252 e. The lowest BCUT2D eigenvalue weighted by atomic mass is 9.97. The number of carbonyl (C=O) groups is 1. The van der Waals surface area contributed by atoms with Crippen LogP contribution in [0.3, 0.4) is 0 Å². The van der Waals surface area contributed by atoms with E-state index in [9.17, 15) is 4.79 Å². The van der Waals surface area contributed by atoms with Gasteiger partial charge < -0.3 is 15.3 Å². The van der Waals surface area contributed by atoms with Crippen LogP contribution in [0.15, 0.2) is 36.4 Å². The molecule has 0 spiro atoms. The van der Waals surface area contributed by atoms with Gasteiger partial charge in [0.2, 0.25) is 0 Å². The van der Waals surface area contributed by atoms with Gasteiger partial charge in [-0.15, -0.1) is 0 Å². The van der Waals surface area contributed by atoms with Crippen LogP contribution in [0.5, 0.6) is 0 Å². The van der Waals surface area contributed by atoms with E-state index in [1.54, 1.807) is 0 Å². The van der Waals surface area contributed by atoms with Gasteiger partial charge >= 0.3 is 0 Å². The molecule has 6 rings (SSSR count). The standard InChI is InChI=1S/C20H11Cl2N3O/c21-8-1-3-13-10(5-8)15-12-7-23-20(26)17(12)16-11-6-9(22)2-4-14(11)25-19(16)18(15)24-13/h1-6,24-25H,7H2,(H,23,26). The maximum atomic E-state index is 12.7. The second-order valence-corrected chi connectivity index (χ2v) is 7.54. The van der Waals surface area contributed by atoms with Crippen molar-refractivity contribution in [2.24, 2.45) is 0 Å². The number of amides is 1. The number of carbonyl (C=O) groups excluding carboxylic acids is 1. The molecule has 4 nitrogen and oxygen atoms in total. The predicted octanol–water partition coefficient (Wildman–Crippen LogP) is 5.51. The fourth-order valence-corrected chi connectivity index (χ4v) is 4.58. The van der Waals surface area contributed by atoms with E-state index in [-0.39, 0.29) is 5.91 Å². The Morgan fingerprint density at radius 1 is 0.808 bits per heavy atom. The molecular weight excluding hydrogens is 369 g/mol. The molecular formula is C20H11Cl2N3O. The van der Waals surface area contributed by atoms with E-state index in [0.717, 1.165) is 54.7 Å². The molecule has 6 heteroatoms. The van der Waals surface area contributed by atoms with E-state index < -0.39 is 0 Å². The highest BCUT2D eigenvalue weighted by atomic mass is 35.5. The number of hydrogen-bond acceptors (Lipinski definition) is 1. The monoisotopic (exact) mass is 379 g/mol. The van der Waals surface area contributed by atoms with Gasteiger partial charge in [-0.2, -0.15) is 0 Å². The number of hydrogen-bond donors (Lipinski definition) is 3. The first kappa shape index (κ1) is 14.5. The van der Waals surface area contributed by atoms with E-state index in [1.807, 2.05) is 36.4 Å². The molecule has 1 aliphatic heterocycles. The summed E-state index contributed by atoms with van der Waals surface area (Å²) in [5.41, 5.74) is 5.58. The lowest BCUT2D eigenvalue weighted by Crippen LogP contribution is -2.12. The van der Waals surface area contributed by atoms with Gasteiger partial charge in [-0.1, -0.05) is 23.2 Å². The minimum Gasteiger partial charge on any atom is -0.353 e. The normalized spacial score (nSPS) is 14.0. The molecule has 3 N–H and O–H groups in total. The minimum absolute atomic E-state index is 0.0517. The fourth-order valence-electron chi connectivity index (χ4n) is 4.24. The van der Waals surface area contributed by atoms with Gasteiger partial charge in [0.25, 0.3) is 5.91 Å². The smallest absolute Gasteiger partial charge is 0.252 e. The highest BCUT2D eigenvalue weighted by molar-refractivity contribution is 6.35. The van der Waals surface area contributed by atoms with Crippen molar-refractivity contribution in [1.29, 1.82) is 0 Å². The molecule has 0 bridgehead atoms. The van der Waals surface area contributed by atoms with Crippen LogP contribution in [0.2, 0.25) is 10.0 Å². The number of fused-ring (bicyclic) bond motifs is 10. The SMILES string of the molecule is O=C1NCc2c1c1c3cc(Cl)ccc3[nH]c1c1[nH]c3ccc(Cl)cc3c21. The van der Waals surface area contributed by atoms with Crippen LogP contribution in [0, 0.1) is 0 Å². The summed E-state index contributed by atoms with van der Waals surface area (Å²) in [6.45, 7) is 0.507. The molecule has 3 heterocycles. The van der Waals surface area contributed by atoms with Gasteiger partial charge in [0.15, 0.2) is 0 Å². The number of aromatic amines is 2. The Labute approximate surface area is 157 Å². The highest BCUT2D eigenvalue weighted by Crippen LogP contribution is 2.42. The Bertz CT molecular complexity index is 1430. The van der Waals surface area contributed by atoms with Crippen LogP contribution in [0.4, 0.5) is 0 Å². The third-order valence-corrected chi connectivity index (χ3v) is 5.75. The first-order valence-corrected chi connectivity index (χ1v) is 9.02. The summed E-state index contributed by atoms with van der Waals surface area (Å²) < 4.78 is 0. The minimum atomic E-state index is -0.0517. The average molecular weight is 380 g/mol. The molecule has 0 saturated carbocycles. The summed E-state index contributed by atoms with van der Waals surface area (Å²) in [4.78, 5) is 19.7. The molecule has 1 aliphatic rings. The average Bonchev–Trinajstić information content (AvgIpc) is 3.27. The fraction of sp³-hybridized carbons (Fsp3) is 0.0500. The predicted molar refractivity (Wildman–Crippen MR) is 106 cm³/mol. The van der Waals surface area contributed by atoms with Gasteiger partial charge in [0.1, 0.15) is 0 Å². The first-order valence-electron chi connectivity index (χ1n) is 8.27. The van der Waals surface area contributed by atoms with Crippen LogP contribution in [-0.2, 0) is 6.54 Å². The lowest BCUT2D eigenvalue weighted by molar-refractivity contribution is 0.0967. The molecule has 0 radical (unpaired) electrons. The van der Waals surface area contributed by atoms with Gasteiger partial charge in [-0.25, -0.2) is 0 Å². The van der Waals surface area contributed by atoms with Crippen molar-refractivity contribution in [3.05, 3.63) is 57.6 Å². The first-order chi connectivity index (χ1) is 12.6. The zero-order valence-electron chi connectivity index (χ0n) is 13.3. The molecule has 126 valence electrons. The van der Waals surface area contributed by atoms with Crippen molar-refractivity contribution >= 4 is 72.7 Å². The van der Waals surface area contributed by atoms with Gasteiger partial charge in [-0.3, -0.25) is 4.79 Å². The van der Waals surface area contributed by atoms with E-state index >= 15 is 0 Å². The summed E-state index contributed by atoms with van der Waals surface area (Å²) in [5, 5.41) is 8.24. The maximum absolute atomic E-state index is 12.7. The second kappa shape index (κ2) is 4.72. The molecule has 0 atom stereocenters. The van der Waals surface area contributed by atoms with E-state index in [0.29, 0.717) is 16.6 Å². The van der Waals surface area contributed by atoms with Gasteiger partial charge in [0, 0.05) is 49.2 Å².